The van der Waals surface area contributed by atoms with Crippen LogP contribution in [0.15, 0.2) is 18.2 Å². The van der Waals surface area contributed by atoms with Crippen molar-refractivity contribution >= 4 is 6.47 Å². The predicted molar refractivity (Wildman–Crippen MR) is 71.8 cm³/mol. The Morgan fingerprint density at radius 2 is 1.89 bits per heavy atom. The maximum Gasteiger partial charge on any atom is 0.295 e. The van der Waals surface area contributed by atoms with Crippen LogP contribution in [0.4, 0.5) is 0 Å². The Kier molecular flexibility index (Phi) is 8.78. The summed E-state index contributed by atoms with van der Waals surface area (Å²) in [5, 5.41) is 18.8. The first-order chi connectivity index (χ1) is 9.01. The van der Waals surface area contributed by atoms with Crippen molar-refractivity contribution in [1.29, 1.82) is 0 Å². The van der Waals surface area contributed by atoms with E-state index >= 15 is 0 Å². The number of hydrogen-bond donors (Lipinski definition) is 2. The molecule has 0 bridgehead atoms. The second-order valence-electron chi connectivity index (χ2n) is 4.18. The molecule has 5 heteroatoms. The topological polar surface area (TPSA) is 76.0 Å². The van der Waals surface area contributed by atoms with Crippen LogP contribution < -0.4 is 0 Å². The zero-order valence-corrected chi connectivity index (χ0v) is 11.8. The van der Waals surface area contributed by atoms with Gasteiger partial charge in [-0.05, 0) is 25.0 Å². The van der Waals surface area contributed by atoms with Crippen LogP contribution in [0, 0.1) is 13.8 Å². The Morgan fingerprint density at radius 3 is 2.32 bits per heavy atom. The van der Waals surface area contributed by atoms with Gasteiger partial charge in [0.1, 0.15) is 0 Å². The molecule has 0 aromatic heterocycles. The lowest BCUT2D eigenvalue weighted by Crippen LogP contribution is -2.25. The molecule has 0 saturated heterocycles. The molecule has 2 N–H and O–H groups in total. The zero-order chi connectivity index (χ0) is 14.8. The Balaban J connectivity index is 0.000000982. The third kappa shape index (κ3) is 5.83. The van der Waals surface area contributed by atoms with E-state index in [2.05, 4.69) is 9.47 Å². The fourth-order valence-corrected chi connectivity index (χ4v) is 1.74. The molecule has 0 fully saturated rings. The van der Waals surface area contributed by atoms with Gasteiger partial charge in [0.05, 0.1) is 12.5 Å². The number of aliphatic hydroxyl groups excluding tert-OH is 2. The number of methoxy groups -OCH3 is 1. The molecule has 19 heavy (non-hydrogen) atoms. The number of carbonyl (C=O) groups excluding carboxylic acids is 1. The van der Waals surface area contributed by atoms with Gasteiger partial charge in [-0.15, -0.1) is 0 Å². The van der Waals surface area contributed by atoms with E-state index in [1.165, 1.54) is 0 Å². The number of rotatable bonds is 5. The van der Waals surface area contributed by atoms with Crippen molar-refractivity contribution in [2.45, 2.75) is 26.1 Å². The summed E-state index contributed by atoms with van der Waals surface area (Å²) >= 11 is 0. The Bertz CT molecular complexity index is 378. The van der Waals surface area contributed by atoms with E-state index in [4.69, 9.17) is 0 Å². The molecule has 0 heterocycles. The van der Waals surface area contributed by atoms with Crippen molar-refractivity contribution in [3.05, 3.63) is 34.9 Å². The number of hydrogen-bond acceptors (Lipinski definition) is 5. The van der Waals surface area contributed by atoms with Crippen LogP contribution in [-0.4, -0.2) is 43.8 Å². The molecule has 0 spiro atoms. The van der Waals surface area contributed by atoms with Crippen LogP contribution >= 0.6 is 0 Å². The van der Waals surface area contributed by atoms with E-state index < -0.39 is 12.2 Å². The molecule has 0 radical (unpaired) electrons. The molecule has 0 aliphatic heterocycles. The van der Waals surface area contributed by atoms with Crippen LogP contribution in [0.5, 0.6) is 0 Å². The molecule has 5 nitrogen and oxygen atoms in total. The lowest BCUT2D eigenvalue weighted by atomic mass is 9.93. The zero-order valence-electron chi connectivity index (χ0n) is 11.8. The fraction of sp³-hybridized carbons (Fsp3) is 0.500. The van der Waals surface area contributed by atoms with Crippen LogP contribution in [0.3, 0.4) is 0 Å². The van der Waals surface area contributed by atoms with Gasteiger partial charge in [-0.3, -0.25) is 4.79 Å². The summed E-state index contributed by atoms with van der Waals surface area (Å²) in [6, 6.07) is 5.66. The van der Waals surface area contributed by atoms with Gasteiger partial charge in [0, 0.05) is 14.2 Å². The van der Waals surface area contributed by atoms with Gasteiger partial charge in [-0.1, -0.05) is 23.8 Å². The lowest BCUT2D eigenvalue weighted by molar-refractivity contribution is -0.157. The molecule has 0 aliphatic rings. The van der Waals surface area contributed by atoms with E-state index in [0.29, 0.717) is 0 Å². The first-order valence-electron chi connectivity index (χ1n) is 5.87. The van der Waals surface area contributed by atoms with Crippen molar-refractivity contribution in [3.8, 4) is 0 Å². The largest absolute Gasteiger partial charge is 0.437 e. The average Bonchev–Trinajstić information content (AvgIpc) is 2.34. The van der Waals surface area contributed by atoms with Gasteiger partial charge in [0.15, 0.2) is 0 Å². The van der Waals surface area contributed by atoms with Gasteiger partial charge in [-0.25, -0.2) is 0 Å². The molecule has 108 valence electrons. The van der Waals surface area contributed by atoms with Crippen molar-refractivity contribution < 1.29 is 24.5 Å². The highest BCUT2D eigenvalue weighted by Crippen LogP contribution is 2.24. The van der Waals surface area contributed by atoms with Crippen molar-refractivity contribution in [2.75, 3.05) is 20.8 Å². The summed E-state index contributed by atoms with van der Waals surface area (Å²) in [5.41, 5.74) is 2.83. The van der Waals surface area contributed by atoms with Gasteiger partial charge >= 0.3 is 0 Å². The number of aryl methyl sites for hydroxylation is 2. The molecule has 1 rings (SSSR count). The summed E-state index contributed by atoms with van der Waals surface area (Å²) in [7, 11) is 3.25. The maximum atomic E-state index is 10.1. The van der Waals surface area contributed by atoms with Crippen LogP contribution in [-0.2, 0) is 14.3 Å². The van der Waals surface area contributed by atoms with Gasteiger partial charge < -0.3 is 19.7 Å². The van der Waals surface area contributed by atoms with E-state index in [-0.39, 0.29) is 13.1 Å². The normalized spacial score (nSPS) is 12.9. The molecular formula is C14H22O5. The van der Waals surface area contributed by atoms with Crippen LogP contribution in [0.1, 0.15) is 22.6 Å². The Labute approximate surface area is 113 Å². The lowest BCUT2D eigenvalue weighted by Gasteiger charge is -2.21. The number of ether oxygens (including phenoxy) is 2. The summed E-state index contributed by atoms with van der Waals surface area (Å²) in [5.74, 6) is -0.606. The van der Waals surface area contributed by atoms with E-state index in [1.54, 1.807) is 14.2 Å². The van der Waals surface area contributed by atoms with Crippen LogP contribution in [0.25, 0.3) is 0 Å². The predicted octanol–water partition coefficient (Wildman–Crippen LogP) is 1.13. The quantitative estimate of drug-likeness (QED) is 0.619. The minimum atomic E-state index is -1.32. The second-order valence-corrected chi connectivity index (χ2v) is 4.18. The molecule has 0 aliphatic carbocycles. The van der Waals surface area contributed by atoms with Gasteiger partial charge in [0.2, 0.25) is 6.29 Å². The van der Waals surface area contributed by atoms with Crippen molar-refractivity contribution in [2.24, 2.45) is 0 Å². The van der Waals surface area contributed by atoms with Gasteiger partial charge in [-0.2, -0.15) is 0 Å². The first-order valence-corrected chi connectivity index (χ1v) is 5.87. The highest BCUT2D eigenvalue weighted by molar-refractivity contribution is 5.38. The van der Waals surface area contributed by atoms with Crippen LogP contribution in [0.2, 0.25) is 0 Å². The smallest absolute Gasteiger partial charge is 0.295 e. The molecule has 1 aromatic carbocycles. The fourth-order valence-electron chi connectivity index (χ4n) is 1.74. The molecule has 2 atom stereocenters. The number of aliphatic hydroxyl groups is 2. The molecule has 1 aromatic rings. The monoisotopic (exact) mass is 270 g/mol. The minimum Gasteiger partial charge on any atom is -0.437 e. The van der Waals surface area contributed by atoms with Crippen molar-refractivity contribution in [1.82, 2.24) is 0 Å². The summed E-state index contributed by atoms with van der Waals surface area (Å²) in [4.78, 5) is 10.1. The SMILES string of the molecule is COC.Cc1ccc(C(CO)C(O)OC=O)c(C)c1. The van der Waals surface area contributed by atoms with E-state index in [0.717, 1.165) is 16.7 Å². The summed E-state index contributed by atoms with van der Waals surface area (Å²) in [6.45, 7) is 3.75. The second kappa shape index (κ2) is 9.49. The Hall–Kier alpha value is -1.43. The molecule has 0 amide bonds. The molecular weight excluding hydrogens is 248 g/mol. The molecule has 2 unspecified atom stereocenters. The highest BCUT2D eigenvalue weighted by Gasteiger charge is 2.23. The highest BCUT2D eigenvalue weighted by atomic mass is 16.6. The van der Waals surface area contributed by atoms with Crippen molar-refractivity contribution in [3.63, 3.8) is 0 Å². The summed E-state index contributed by atoms with van der Waals surface area (Å²) in [6.07, 6.45) is -1.32. The first kappa shape index (κ1) is 17.6. The third-order valence-electron chi connectivity index (χ3n) is 2.56. The Morgan fingerprint density at radius 1 is 1.32 bits per heavy atom. The number of benzene rings is 1. The summed E-state index contributed by atoms with van der Waals surface area (Å²) < 4.78 is 8.70. The van der Waals surface area contributed by atoms with E-state index in [9.17, 15) is 15.0 Å². The van der Waals surface area contributed by atoms with Gasteiger partial charge in [0.25, 0.3) is 6.47 Å². The minimum absolute atomic E-state index is 0.177. The maximum absolute atomic E-state index is 10.1. The average molecular weight is 270 g/mol. The standard InChI is InChI=1S/C12H16O4.C2H6O/c1-8-3-4-10(9(2)5-8)11(6-13)12(15)16-7-14;1-3-2/h3-5,7,11-13,15H,6H2,1-2H3;1-2H3. The number of carbonyl (C=O) groups is 1. The molecule has 0 saturated carbocycles. The third-order valence-corrected chi connectivity index (χ3v) is 2.56. The van der Waals surface area contributed by atoms with E-state index in [1.807, 2.05) is 32.0 Å².